The fourth-order valence-corrected chi connectivity index (χ4v) is 5.09. The Morgan fingerprint density at radius 2 is 1.97 bits per heavy atom. The van der Waals surface area contributed by atoms with E-state index in [9.17, 15) is 9.59 Å². The molecule has 0 aliphatic carbocycles. The molecule has 0 unspecified atom stereocenters. The molecule has 0 saturated carbocycles. The van der Waals surface area contributed by atoms with Crippen LogP contribution in [-0.2, 0) is 24.3 Å². The summed E-state index contributed by atoms with van der Waals surface area (Å²) >= 11 is 3.03. The molecule has 4 aromatic rings. The fourth-order valence-electron chi connectivity index (χ4n) is 3.48. The van der Waals surface area contributed by atoms with E-state index < -0.39 is 0 Å². The number of hydrogen-bond donors (Lipinski definition) is 0. The molecular weight excluding hydrogens is 430 g/mol. The molecule has 3 heterocycles. The van der Waals surface area contributed by atoms with Crippen LogP contribution < -0.4 is 10.3 Å². The lowest BCUT2D eigenvalue weighted by Gasteiger charge is -2.29. The minimum absolute atomic E-state index is 0.0256. The average molecular weight is 454 g/mol. The maximum absolute atomic E-state index is 13.4. The SMILES string of the molecule is COc1ccc(CN(C(=O)Cn2cnc3ccsc3c2=O)[C@H](C)Cc2cccs2)cc1. The lowest BCUT2D eigenvalue weighted by Crippen LogP contribution is -2.42. The van der Waals surface area contributed by atoms with Crippen LogP contribution in [0.1, 0.15) is 17.4 Å². The highest BCUT2D eigenvalue weighted by Crippen LogP contribution is 2.19. The minimum Gasteiger partial charge on any atom is -0.497 e. The molecule has 0 aliphatic heterocycles. The highest BCUT2D eigenvalue weighted by atomic mass is 32.1. The molecule has 0 fully saturated rings. The molecule has 6 nitrogen and oxygen atoms in total. The topological polar surface area (TPSA) is 64.4 Å². The minimum atomic E-state index is -0.177. The number of fused-ring (bicyclic) bond motifs is 1. The van der Waals surface area contributed by atoms with E-state index in [1.54, 1.807) is 18.4 Å². The quantitative estimate of drug-likeness (QED) is 0.401. The maximum Gasteiger partial charge on any atom is 0.271 e. The first kappa shape index (κ1) is 21.3. The summed E-state index contributed by atoms with van der Waals surface area (Å²) in [5, 5.41) is 3.88. The summed E-state index contributed by atoms with van der Waals surface area (Å²) in [5.74, 6) is 0.662. The van der Waals surface area contributed by atoms with Crippen LogP contribution in [0.3, 0.4) is 0 Å². The number of nitrogens with zero attached hydrogens (tertiary/aromatic N) is 3. The number of ether oxygens (including phenoxy) is 1. The predicted octanol–water partition coefficient (Wildman–Crippen LogP) is 4.19. The van der Waals surface area contributed by atoms with Gasteiger partial charge in [0.1, 0.15) is 17.0 Å². The number of thiophene rings is 2. The molecule has 0 N–H and O–H groups in total. The summed E-state index contributed by atoms with van der Waals surface area (Å²) in [4.78, 5) is 33.5. The Morgan fingerprint density at radius 3 is 2.68 bits per heavy atom. The smallest absolute Gasteiger partial charge is 0.271 e. The maximum atomic E-state index is 13.4. The van der Waals surface area contributed by atoms with Crippen molar-refractivity contribution in [3.63, 3.8) is 0 Å². The fraction of sp³-hybridized carbons (Fsp3) is 0.261. The first-order valence-electron chi connectivity index (χ1n) is 9.92. The Kier molecular flexibility index (Phi) is 6.48. The number of amides is 1. The Balaban J connectivity index is 1.58. The van der Waals surface area contributed by atoms with Crippen molar-refractivity contribution >= 4 is 38.8 Å². The van der Waals surface area contributed by atoms with Gasteiger partial charge in [-0.2, -0.15) is 0 Å². The third-order valence-electron chi connectivity index (χ3n) is 5.18. The number of benzene rings is 1. The first-order chi connectivity index (χ1) is 15.0. The molecule has 31 heavy (non-hydrogen) atoms. The third-order valence-corrected chi connectivity index (χ3v) is 6.97. The molecule has 0 radical (unpaired) electrons. The Morgan fingerprint density at radius 1 is 1.16 bits per heavy atom. The number of carbonyl (C=O) groups excluding carboxylic acids is 1. The van der Waals surface area contributed by atoms with Crippen molar-refractivity contribution in [3.05, 3.63) is 80.3 Å². The monoisotopic (exact) mass is 453 g/mol. The van der Waals surface area contributed by atoms with Gasteiger partial charge in [-0.05, 0) is 47.5 Å². The summed E-state index contributed by atoms with van der Waals surface area (Å²) in [7, 11) is 1.63. The van der Waals surface area contributed by atoms with Gasteiger partial charge in [0.25, 0.3) is 5.56 Å². The van der Waals surface area contributed by atoms with Gasteiger partial charge in [-0.1, -0.05) is 18.2 Å². The molecule has 4 rings (SSSR count). The highest BCUT2D eigenvalue weighted by molar-refractivity contribution is 7.17. The van der Waals surface area contributed by atoms with Gasteiger partial charge in [0, 0.05) is 23.9 Å². The normalized spacial score (nSPS) is 12.1. The summed E-state index contributed by atoms with van der Waals surface area (Å²) < 4.78 is 7.21. The molecule has 0 bridgehead atoms. The molecule has 0 spiro atoms. The van der Waals surface area contributed by atoms with E-state index in [1.165, 1.54) is 27.1 Å². The van der Waals surface area contributed by atoms with Crippen molar-refractivity contribution in [1.82, 2.24) is 14.5 Å². The van der Waals surface area contributed by atoms with Gasteiger partial charge in [0.05, 0.1) is 19.0 Å². The van der Waals surface area contributed by atoms with E-state index in [2.05, 4.69) is 11.1 Å². The second-order valence-corrected chi connectivity index (χ2v) is 9.26. The zero-order chi connectivity index (χ0) is 21.8. The van der Waals surface area contributed by atoms with Crippen molar-refractivity contribution in [3.8, 4) is 5.75 Å². The number of methoxy groups -OCH3 is 1. The van der Waals surface area contributed by atoms with Gasteiger partial charge < -0.3 is 9.64 Å². The number of carbonyl (C=O) groups is 1. The molecule has 1 amide bonds. The number of aromatic nitrogens is 2. The standard InChI is InChI=1S/C23H23N3O3S2/c1-16(12-19-4-3-10-30-19)26(13-17-5-7-18(29-2)8-6-17)21(27)14-25-15-24-20-9-11-31-22(20)23(25)28/h3-11,15-16H,12-14H2,1-2H3/t16-/m1/s1. The Hall–Kier alpha value is -2.97. The van der Waals surface area contributed by atoms with Crippen LogP contribution in [0.4, 0.5) is 0 Å². The molecular formula is C23H23N3O3S2. The molecule has 8 heteroatoms. The summed E-state index contributed by atoms with van der Waals surface area (Å²) in [6.07, 6.45) is 2.22. The largest absolute Gasteiger partial charge is 0.497 e. The molecule has 0 aliphatic rings. The molecule has 0 saturated heterocycles. The summed E-state index contributed by atoms with van der Waals surface area (Å²) in [6.45, 7) is 2.47. The van der Waals surface area contributed by atoms with Crippen LogP contribution in [-0.4, -0.2) is 33.5 Å². The summed E-state index contributed by atoms with van der Waals surface area (Å²) in [5.41, 5.74) is 1.50. The molecule has 160 valence electrons. The Labute approximate surface area is 188 Å². The van der Waals surface area contributed by atoms with E-state index in [-0.39, 0.29) is 24.1 Å². The summed E-state index contributed by atoms with van der Waals surface area (Å²) in [6, 6.07) is 13.6. The second-order valence-electron chi connectivity index (χ2n) is 7.31. The third kappa shape index (κ3) is 4.86. The first-order valence-corrected chi connectivity index (χ1v) is 11.7. The van der Waals surface area contributed by atoms with Crippen LogP contribution >= 0.6 is 22.7 Å². The van der Waals surface area contributed by atoms with Gasteiger partial charge >= 0.3 is 0 Å². The van der Waals surface area contributed by atoms with Gasteiger partial charge in [0.2, 0.25) is 5.91 Å². The van der Waals surface area contributed by atoms with Crippen LogP contribution in [0.15, 0.2) is 64.3 Å². The van der Waals surface area contributed by atoms with E-state index in [0.717, 1.165) is 17.7 Å². The Bertz CT molecular complexity index is 1210. The van der Waals surface area contributed by atoms with Crippen molar-refractivity contribution < 1.29 is 9.53 Å². The van der Waals surface area contributed by atoms with E-state index in [0.29, 0.717) is 16.8 Å². The van der Waals surface area contributed by atoms with Gasteiger partial charge in [0.15, 0.2) is 0 Å². The lowest BCUT2D eigenvalue weighted by atomic mass is 10.1. The molecule has 1 atom stereocenters. The van der Waals surface area contributed by atoms with Crippen LogP contribution in [0.2, 0.25) is 0 Å². The van der Waals surface area contributed by atoms with Gasteiger partial charge in [-0.3, -0.25) is 14.2 Å². The molecule has 3 aromatic heterocycles. The van der Waals surface area contributed by atoms with Crippen LogP contribution in [0, 0.1) is 0 Å². The van der Waals surface area contributed by atoms with E-state index >= 15 is 0 Å². The number of hydrogen-bond acceptors (Lipinski definition) is 6. The number of rotatable bonds is 8. The van der Waals surface area contributed by atoms with Crippen LogP contribution in [0.25, 0.3) is 10.2 Å². The second kappa shape index (κ2) is 9.45. The zero-order valence-corrected chi connectivity index (χ0v) is 19.0. The van der Waals surface area contributed by atoms with E-state index in [4.69, 9.17) is 4.74 Å². The van der Waals surface area contributed by atoms with Gasteiger partial charge in [-0.25, -0.2) is 4.98 Å². The molecule has 1 aromatic carbocycles. The van der Waals surface area contributed by atoms with Crippen molar-refractivity contribution in [1.29, 1.82) is 0 Å². The predicted molar refractivity (Wildman–Crippen MR) is 125 cm³/mol. The average Bonchev–Trinajstić information content (AvgIpc) is 3.46. The van der Waals surface area contributed by atoms with Crippen molar-refractivity contribution in [2.75, 3.05) is 7.11 Å². The van der Waals surface area contributed by atoms with E-state index in [1.807, 2.05) is 59.0 Å². The van der Waals surface area contributed by atoms with Crippen LogP contribution in [0.5, 0.6) is 5.75 Å². The lowest BCUT2D eigenvalue weighted by molar-refractivity contribution is -0.134. The highest BCUT2D eigenvalue weighted by Gasteiger charge is 2.22. The van der Waals surface area contributed by atoms with Crippen molar-refractivity contribution in [2.24, 2.45) is 0 Å². The van der Waals surface area contributed by atoms with Gasteiger partial charge in [-0.15, -0.1) is 22.7 Å². The zero-order valence-electron chi connectivity index (χ0n) is 17.4. The van der Waals surface area contributed by atoms with Crippen molar-refractivity contribution in [2.45, 2.75) is 32.5 Å².